The maximum atomic E-state index is 9.91. The van der Waals surface area contributed by atoms with Gasteiger partial charge in [0.15, 0.2) is 0 Å². The smallest absolute Gasteiger partial charge is 0.122 e. The average molecular weight is 254 g/mol. The van der Waals surface area contributed by atoms with E-state index in [1.807, 2.05) is 37.9 Å². The van der Waals surface area contributed by atoms with Gasteiger partial charge in [-0.25, -0.2) is 0 Å². The first-order chi connectivity index (χ1) is 7.97. The number of rotatable bonds is 5. The topological polar surface area (TPSA) is 49.5 Å². The van der Waals surface area contributed by atoms with Crippen LogP contribution in [0.4, 0.5) is 5.69 Å². The first kappa shape index (κ1) is 14.2. The highest BCUT2D eigenvalue weighted by Crippen LogP contribution is 2.28. The van der Waals surface area contributed by atoms with E-state index in [0.717, 1.165) is 17.0 Å². The van der Waals surface area contributed by atoms with Crippen LogP contribution in [0.5, 0.6) is 5.75 Å². The van der Waals surface area contributed by atoms with Crippen LogP contribution in [0.25, 0.3) is 0 Å². The summed E-state index contributed by atoms with van der Waals surface area (Å²) < 4.78 is 0. The molecule has 1 aromatic rings. The molecular formula is C13H22N2OS. The van der Waals surface area contributed by atoms with Crippen molar-refractivity contribution in [2.24, 2.45) is 5.73 Å². The van der Waals surface area contributed by atoms with Gasteiger partial charge in [-0.15, -0.1) is 0 Å². The van der Waals surface area contributed by atoms with Crippen molar-refractivity contribution >= 4 is 17.4 Å². The summed E-state index contributed by atoms with van der Waals surface area (Å²) in [4.78, 5) is 2.17. The normalized spacial score (nSPS) is 14.4. The Morgan fingerprint density at radius 3 is 2.53 bits per heavy atom. The van der Waals surface area contributed by atoms with E-state index in [2.05, 4.69) is 18.1 Å². The highest BCUT2D eigenvalue weighted by molar-refractivity contribution is 7.98. The van der Waals surface area contributed by atoms with Crippen molar-refractivity contribution in [2.75, 3.05) is 24.0 Å². The lowest BCUT2D eigenvalue weighted by Crippen LogP contribution is -2.30. The van der Waals surface area contributed by atoms with E-state index in [4.69, 9.17) is 5.73 Å². The van der Waals surface area contributed by atoms with E-state index in [1.165, 1.54) is 0 Å². The second-order valence-electron chi connectivity index (χ2n) is 4.45. The number of phenols is 1. The van der Waals surface area contributed by atoms with Crippen LogP contribution in [0.3, 0.4) is 0 Å². The summed E-state index contributed by atoms with van der Waals surface area (Å²) in [6, 6.07) is 5.99. The molecule has 0 aliphatic heterocycles. The molecule has 0 aliphatic rings. The molecule has 0 amide bonds. The molecule has 0 aliphatic carbocycles. The van der Waals surface area contributed by atoms with Crippen LogP contribution in [0.2, 0.25) is 0 Å². The van der Waals surface area contributed by atoms with Crippen LogP contribution in [-0.4, -0.2) is 30.2 Å². The van der Waals surface area contributed by atoms with Crippen LogP contribution >= 0.6 is 11.8 Å². The summed E-state index contributed by atoms with van der Waals surface area (Å²) in [6.07, 6.45) is 2.10. The number of nitrogens with zero attached hydrogens (tertiary/aromatic N) is 1. The van der Waals surface area contributed by atoms with Gasteiger partial charge in [-0.3, -0.25) is 0 Å². The monoisotopic (exact) mass is 254 g/mol. The summed E-state index contributed by atoms with van der Waals surface area (Å²) >= 11 is 1.82. The largest absolute Gasteiger partial charge is 0.508 e. The minimum absolute atomic E-state index is 0.141. The third kappa shape index (κ3) is 3.54. The van der Waals surface area contributed by atoms with E-state index in [0.29, 0.717) is 6.04 Å². The molecule has 0 saturated heterocycles. The average Bonchev–Trinajstić information content (AvgIpc) is 2.27. The lowest BCUT2D eigenvalue weighted by atomic mass is 10.1. The van der Waals surface area contributed by atoms with Crippen LogP contribution in [-0.2, 0) is 0 Å². The predicted molar refractivity (Wildman–Crippen MR) is 77.0 cm³/mol. The molecular weight excluding hydrogens is 232 g/mol. The van der Waals surface area contributed by atoms with E-state index in [9.17, 15) is 5.11 Å². The Kier molecular flexibility index (Phi) is 5.15. The number of phenolic OH excluding ortho intramolecular Hbond substituents is 1. The van der Waals surface area contributed by atoms with Crippen molar-refractivity contribution in [3.63, 3.8) is 0 Å². The number of hydrogen-bond donors (Lipinski definition) is 2. The first-order valence-corrected chi connectivity index (χ1v) is 7.17. The molecule has 96 valence electrons. The zero-order chi connectivity index (χ0) is 13.0. The van der Waals surface area contributed by atoms with E-state index in [-0.39, 0.29) is 11.8 Å². The molecule has 1 aromatic carbocycles. The summed E-state index contributed by atoms with van der Waals surface area (Å²) in [5.74, 6) is 1.34. The van der Waals surface area contributed by atoms with Gasteiger partial charge in [0.2, 0.25) is 0 Å². The number of aromatic hydroxyl groups is 1. The number of thioether (sulfide) groups is 1. The Hall–Kier alpha value is -0.870. The van der Waals surface area contributed by atoms with Crippen molar-refractivity contribution < 1.29 is 5.11 Å². The minimum atomic E-state index is -0.141. The first-order valence-electron chi connectivity index (χ1n) is 5.77. The molecule has 0 fully saturated rings. The molecule has 0 radical (unpaired) electrons. The molecule has 4 heteroatoms. The van der Waals surface area contributed by atoms with E-state index >= 15 is 0 Å². The van der Waals surface area contributed by atoms with Gasteiger partial charge in [-0.1, -0.05) is 6.07 Å². The maximum Gasteiger partial charge on any atom is 0.122 e. The van der Waals surface area contributed by atoms with Crippen molar-refractivity contribution in [2.45, 2.75) is 25.9 Å². The van der Waals surface area contributed by atoms with Crippen molar-refractivity contribution in [1.29, 1.82) is 0 Å². The highest BCUT2D eigenvalue weighted by atomic mass is 32.2. The van der Waals surface area contributed by atoms with Gasteiger partial charge in [0.25, 0.3) is 0 Å². The van der Waals surface area contributed by atoms with Gasteiger partial charge in [0.1, 0.15) is 5.75 Å². The molecule has 0 aromatic heterocycles. The molecule has 0 spiro atoms. The summed E-state index contributed by atoms with van der Waals surface area (Å²) in [7, 11) is 2.04. The lowest BCUT2D eigenvalue weighted by Gasteiger charge is -2.27. The quantitative estimate of drug-likeness (QED) is 0.848. The Balaban J connectivity index is 2.89. The predicted octanol–water partition coefficient (Wildman–Crippen LogP) is 2.60. The van der Waals surface area contributed by atoms with E-state index in [1.54, 1.807) is 6.07 Å². The third-order valence-electron chi connectivity index (χ3n) is 2.98. The summed E-state index contributed by atoms with van der Waals surface area (Å²) in [5.41, 5.74) is 7.58. The Bertz CT molecular complexity index is 368. The second kappa shape index (κ2) is 6.17. The fraction of sp³-hybridized carbons (Fsp3) is 0.538. The van der Waals surface area contributed by atoms with Gasteiger partial charge in [-0.2, -0.15) is 11.8 Å². The Morgan fingerprint density at radius 1 is 1.41 bits per heavy atom. The van der Waals surface area contributed by atoms with Crippen LogP contribution in [0.1, 0.15) is 25.5 Å². The molecule has 2 unspecified atom stereocenters. The van der Waals surface area contributed by atoms with Gasteiger partial charge in [0.05, 0.1) is 0 Å². The summed E-state index contributed by atoms with van der Waals surface area (Å²) in [5, 5.41) is 9.91. The molecule has 3 N–H and O–H groups in total. The van der Waals surface area contributed by atoms with Gasteiger partial charge >= 0.3 is 0 Å². The number of hydrogen-bond acceptors (Lipinski definition) is 4. The van der Waals surface area contributed by atoms with E-state index < -0.39 is 0 Å². The second-order valence-corrected chi connectivity index (χ2v) is 5.36. The summed E-state index contributed by atoms with van der Waals surface area (Å²) in [6.45, 7) is 4.04. The van der Waals surface area contributed by atoms with Gasteiger partial charge in [-0.05, 0) is 26.2 Å². The number of anilines is 1. The van der Waals surface area contributed by atoms with Gasteiger partial charge < -0.3 is 15.7 Å². The fourth-order valence-electron chi connectivity index (χ4n) is 1.74. The van der Waals surface area contributed by atoms with Crippen LogP contribution in [0.15, 0.2) is 18.2 Å². The standard InChI is InChI=1S/C13H22N2OS/c1-9(8-17-4)15(3)11-5-6-12(10(2)14)13(16)7-11/h5-7,9-10,16H,8,14H2,1-4H3. The van der Waals surface area contributed by atoms with Crippen molar-refractivity contribution in [3.8, 4) is 5.75 Å². The fourth-order valence-corrected chi connectivity index (χ4v) is 2.45. The Labute approximate surface area is 108 Å². The molecule has 0 saturated carbocycles. The zero-order valence-corrected chi connectivity index (χ0v) is 11.8. The Morgan fingerprint density at radius 2 is 2.06 bits per heavy atom. The van der Waals surface area contributed by atoms with Crippen molar-refractivity contribution in [3.05, 3.63) is 23.8 Å². The van der Waals surface area contributed by atoms with Crippen molar-refractivity contribution in [1.82, 2.24) is 0 Å². The maximum absolute atomic E-state index is 9.91. The molecule has 0 bridgehead atoms. The van der Waals surface area contributed by atoms with Crippen LogP contribution in [0, 0.1) is 0 Å². The molecule has 1 rings (SSSR count). The lowest BCUT2D eigenvalue weighted by molar-refractivity contribution is 0.463. The number of benzene rings is 1. The molecule has 3 nitrogen and oxygen atoms in total. The van der Waals surface area contributed by atoms with Gasteiger partial charge in [0, 0.05) is 42.2 Å². The minimum Gasteiger partial charge on any atom is -0.508 e. The third-order valence-corrected chi connectivity index (χ3v) is 3.80. The van der Waals surface area contributed by atoms with Crippen LogP contribution < -0.4 is 10.6 Å². The SMILES string of the molecule is CSCC(C)N(C)c1ccc(C(C)N)c(O)c1. The zero-order valence-electron chi connectivity index (χ0n) is 11.0. The highest BCUT2D eigenvalue weighted by Gasteiger charge is 2.12. The number of nitrogens with two attached hydrogens (primary N) is 1. The molecule has 17 heavy (non-hydrogen) atoms. The molecule has 0 heterocycles. The molecule has 2 atom stereocenters.